The zero-order valence-corrected chi connectivity index (χ0v) is 19.2. The van der Waals surface area contributed by atoms with Crippen LogP contribution >= 0.6 is 0 Å². The average Bonchev–Trinajstić information content (AvgIpc) is 3.30. The standard InChI is InChI=1S/C26H21N3O7/c1-16(2)24(31)34-12-13-35-25(32)18-8-10-20-21(14-18)28-29(27-20)22-11-9-19(15-23(22)30)36-26(33)17-6-4-3-5-7-17/h3-11,14-15,30H,1,12-13H2,2H3. The summed E-state index contributed by atoms with van der Waals surface area (Å²) >= 11 is 0. The van der Waals surface area contributed by atoms with Crippen molar-refractivity contribution in [2.45, 2.75) is 6.92 Å². The summed E-state index contributed by atoms with van der Waals surface area (Å²) in [6.07, 6.45) is 0. The van der Waals surface area contributed by atoms with Gasteiger partial charge in [-0.25, -0.2) is 14.4 Å². The normalized spacial score (nSPS) is 10.6. The first-order valence-corrected chi connectivity index (χ1v) is 10.8. The summed E-state index contributed by atoms with van der Waals surface area (Å²) in [5.74, 6) is -1.79. The van der Waals surface area contributed by atoms with Crippen molar-refractivity contribution in [3.8, 4) is 17.2 Å². The molecule has 0 saturated heterocycles. The number of phenols is 1. The summed E-state index contributed by atoms with van der Waals surface area (Å²) in [5.41, 5.74) is 1.97. The fraction of sp³-hybridized carbons (Fsp3) is 0.115. The fourth-order valence-corrected chi connectivity index (χ4v) is 3.10. The number of hydrogen-bond donors (Lipinski definition) is 1. The maximum Gasteiger partial charge on any atom is 0.343 e. The van der Waals surface area contributed by atoms with Crippen molar-refractivity contribution in [1.29, 1.82) is 0 Å². The summed E-state index contributed by atoms with van der Waals surface area (Å²) in [6.45, 7) is 4.78. The minimum absolute atomic E-state index is 0.0915. The van der Waals surface area contributed by atoms with E-state index in [2.05, 4.69) is 16.8 Å². The lowest BCUT2D eigenvalue weighted by Crippen LogP contribution is -2.14. The van der Waals surface area contributed by atoms with Crippen LogP contribution in [0.2, 0.25) is 0 Å². The fourth-order valence-electron chi connectivity index (χ4n) is 3.10. The van der Waals surface area contributed by atoms with E-state index in [0.29, 0.717) is 16.6 Å². The van der Waals surface area contributed by atoms with E-state index < -0.39 is 17.9 Å². The van der Waals surface area contributed by atoms with Gasteiger partial charge in [0, 0.05) is 11.6 Å². The molecule has 0 amide bonds. The van der Waals surface area contributed by atoms with Crippen molar-refractivity contribution in [3.63, 3.8) is 0 Å². The van der Waals surface area contributed by atoms with Gasteiger partial charge in [0.15, 0.2) is 0 Å². The van der Waals surface area contributed by atoms with Gasteiger partial charge in [0.1, 0.15) is 41.4 Å². The molecule has 1 aromatic heterocycles. The molecule has 0 unspecified atom stereocenters. The van der Waals surface area contributed by atoms with Crippen LogP contribution in [0, 0.1) is 0 Å². The molecule has 0 aliphatic heterocycles. The van der Waals surface area contributed by atoms with Crippen LogP contribution in [-0.2, 0) is 14.3 Å². The van der Waals surface area contributed by atoms with Crippen molar-refractivity contribution in [3.05, 3.63) is 90.0 Å². The molecule has 0 aliphatic carbocycles. The van der Waals surface area contributed by atoms with Crippen molar-refractivity contribution in [2.24, 2.45) is 0 Å². The van der Waals surface area contributed by atoms with Gasteiger partial charge < -0.3 is 19.3 Å². The Kier molecular flexibility index (Phi) is 7.05. The molecular formula is C26H21N3O7. The zero-order chi connectivity index (χ0) is 25.7. The number of rotatable bonds is 8. The van der Waals surface area contributed by atoms with Crippen molar-refractivity contribution >= 4 is 28.9 Å². The van der Waals surface area contributed by atoms with Gasteiger partial charge in [-0.2, -0.15) is 0 Å². The van der Waals surface area contributed by atoms with Crippen LogP contribution in [0.15, 0.2) is 78.9 Å². The molecule has 0 fully saturated rings. The Bertz CT molecular complexity index is 1460. The molecule has 10 heteroatoms. The Morgan fingerprint density at radius 2 is 1.58 bits per heavy atom. The Balaban J connectivity index is 1.44. The predicted molar refractivity (Wildman–Crippen MR) is 128 cm³/mol. The van der Waals surface area contributed by atoms with Crippen LogP contribution in [0.5, 0.6) is 11.5 Å². The Labute approximate surface area is 205 Å². The van der Waals surface area contributed by atoms with Crippen LogP contribution in [0.4, 0.5) is 0 Å². The molecule has 0 radical (unpaired) electrons. The third-order valence-corrected chi connectivity index (χ3v) is 4.90. The molecule has 0 bridgehead atoms. The first-order chi connectivity index (χ1) is 17.3. The molecule has 1 N–H and O–H groups in total. The molecular weight excluding hydrogens is 466 g/mol. The molecule has 4 aromatic rings. The number of nitrogens with zero attached hydrogens (tertiary/aromatic N) is 3. The monoisotopic (exact) mass is 487 g/mol. The largest absolute Gasteiger partial charge is 0.505 e. The molecule has 36 heavy (non-hydrogen) atoms. The van der Waals surface area contributed by atoms with Gasteiger partial charge in [-0.3, -0.25) is 0 Å². The van der Waals surface area contributed by atoms with Crippen LogP contribution < -0.4 is 4.74 Å². The molecule has 4 rings (SSSR count). The maximum atomic E-state index is 12.3. The quantitative estimate of drug-likeness (QED) is 0.171. The van der Waals surface area contributed by atoms with Gasteiger partial charge in [-0.15, -0.1) is 15.0 Å². The van der Waals surface area contributed by atoms with Crippen LogP contribution in [0.1, 0.15) is 27.6 Å². The van der Waals surface area contributed by atoms with Gasteiger partial charge in [0.25, 0.3) is 0 Å². The summed E-state index contributed by atoms with van der Waals surface area (Å²) < 4.78 is 15.3. The lowest BCUT2D eigenvalue weighted by molar-refractivity contribution is -0.140. The van der Waals surface area contributed by atoms with E-state index in [-0.39, 0.29) is 41.5 Å². The average molecular weight is 487 g/mol. The van der Waals surface area contributed by atoms with E-state index in [0.717, 1.165) is 0 Å². The van der Waals surface area contributed by atoms with Crippen molar-refractivity contribution in [1.82, 2.24) is 15.0 Å². The Morgan fingerprint density at radius 3 is 2.31 bits per heavy atom. The lowest BCUT2D eigenvalue weighted by atomic mass is 10.2. The van der Waals surface area contributed by atoms with Gasteiger partial charge in [0.05, 0.1) is 11.1 Å². The molecule has 1 heterocycles. The topological polar surface area (TPSA) is 130 Å². The number of ether oxygens (including phenoxy) is 3. The summed E-state index contributed by atoms with van der Waals surface area (Å²) in [7, 11) is 0. The van der Waals surface area contributed by atoms with Crippen LogP contribution in [0.25, 0.3) is 16.7 Å². The number of aromatic nitrogens is 3. The predicted octanol–water partition coefficient (Wildman–Crippen LogP) is 3.62. The third kappa shape index (κ3) is 5.55. The maximum absolute atomic E-state index is 12.3. The smallest absolute Gasteiger partial charge is 0.343 e. The number of carbonyl (C=O) groups is 3. The second-order valence-electron chi connectivity index (χ2n) is 7.65. The molecule has 182 valence electrons. The lowest BCUT2D eigenvalue weighted by Gasteiger charge is -2.07. The number of phenolic OH excluding ortho intramolecular Hbond substituents is 1. The number of hydrogen-bond acceptors (Lipinski definition) is 9. The minimum Gasteiger partial charge on any atom is -0.505 e. The SMILES string of the molecule is C=C(C)C(=O)OCCOC(=O)c1ccc2nn(-c3ccc(OC(=O)c4ccccc4)cc3O)nc2c1. The number of benzene rings is 3. The third-order valence-electron chi connectivity index (χ3n) is 4.90. The van der Waals surface area contributed by atoms with Gasteiger partial charge >= 0.3 is 17.9 Å². The van der Waals surface area contributed by atoms with Crippen LogP contribution in [-0.4, -0.2) is 51.2 Å². The van der Waals surface area contributed by atoms with Crippen molar-refractivity contribution in [2.75, 3.05) is 13.2 Å². The van der Waals surface area contributed by atoms with E-state index in [1.165, 1.54) is 42.1 Å². The Morgan fingerprint density at radius 1 is 0.861 bits per heavy atom. The Hall–Kier alpha value is -4.99. The van der Waals surface area contributed by atoms with Gasteiger partial charge in [-0.1, -0.05) is 24.8 Å². The molecule has 0 spiro atoms. The highest BCUT2D eigenvalue weighted by atomic mass is 16.6. The van der Waals surface area contributed by atoms with E-state index in [4.69, 9.17) is 14.2 Å². The van der Waals surface area contributed by atoms with E-state index >= 15 is 0 Å². The zero-order valence-electron chi connectivity index (χ0n) is 19.2. The van der Waals surface area contributed by atoms with Crippen LogP contribution in [0.3, 0.4) is 0 Å². The highest BCUT2D eigenvalue weighted by Gasteiger charge is 2.15. The van der Waals surface area contributed by atoms with Crippen molar-refractivity contribution < 1.29 is 33.7 Å². The first-order valence-electron chi connectivity index (χ1n) is 10.8. The van der Waals surface area contributed by atoms with E-state index in [1.54, 1.807) is 36.4 Å². The number of esters is 3. The molecule has 3 aromatic carbocycles. The highest BCUT2D eigenvalue weighted by molar-refractivity contribution is 5.93. The number of fused-ring (bicyclic) bond motifs is 1. The molecule has 0 aliphatic rings. The van der Waals surface area contributed by atoms with Gasteiger partial charge in [-0.05, 0) is 49.4 Å². The molecule has 0 saturated carbocycles. The second kappa shape index (κ2) is 10.5. The summed E-state index contributed by atoms with van der Waals surface area (Å²) in [4.78, 5) is 37.1. The first kappa shape index (κ1) is 24.1. The number of aromatic hydroxyl groups is 1. The highest BCUT2D eigenvalue weighted by Crippen LogP contribution is 2.27. The van der Waals surface area contributed by atoms with E-state index in [1.807, 2.05) is 0 Å². The summed E-state index contributed by atoms with van der Waals surface area (Å²) in [6, 6.07) is 17.4. The molecule has 0 atom stereocenters. The van der Waals surface area contributed by atoms with Gasteiger partial charge in [0.2, 0.25) is 0 Å². The minimum atomic E-state index is -0.620. The number of carbonyl (C=O) groups excluding carboxylic acids is 3. The summed E-state index contributed by atoms with van der Waals surface area (Å²) in [5, 5.41) is 19.1. The van der Waals surface area contributed by atoms with E-state index in [9.17, 15) is 19.5 Å². The molecule has 10 nitrogen and oxygen atoms in total. The second-order valence-corrected chi connectivity index (χ2v) is 7.65.